The minimum absolute atomic E-state index is 0.0590. The molecule has 1 rings (SSSR count). The Labute approximate surface area is 73.9 Å². The van der Waals surface area contributed by atoms with Crippen LogP contribution in [0.2, 0.25) is 0 Å². The molecule has 0 spiro atoms. The Morgan fingerprint density at radius 1 is 1.67 bits per heavy atom. The Morgan fingerprint density at radius 2 is 2.42 bits per heavy atom. The van der Waals surface area contributed by atoms with Crippen LogP contribution in [0, 0.1) is 5.41 Å². The van der Waals surface area contributed by atoms with Crippen LogP contribution in [-0.2, 0) is 4.74 Å². The van der Waals surface area contributed by atoms with E-state index < -0.39 is 0 Å². The first-order valence-corrected chi connectivity index (χ1v) is 4.69. The smallest absolute Gasteiger partial charge is 0.0538 e. The molecular formula is C9H19NO2. The van der Waals surface area contributed by atoms with E-state index in [1.807, 2.05) is 0 Å². The largest absolute Gasteiger partial charge is 0.396 e. The monoisotopic (exact) mass is 173 g/mol. The van der Waals surface area contributed by atoms with Gasteiger partial charge in [-0.25, -0.2) is 0 Å². The first-order chi connectivity index (χ1) is 5.75. The molecule has 2 atom stereocenters. The molecular weight excluding hydrogens is 154 g/mol. The van der Waals surface area contributed by atoms with Crippen LogP contribution in [0.15, 0.2) is 0 Å². The summed E-state index contributed by atoms with van der Waals surface area (Å²) in [6.07, 6.45) is 2.74. The Bertz CT molecular complexity index is 132. The van der Waals surface area contributed by atoms with Crippen LogP contribution in [0.25, 0.3) is 0 Å². The zero-order chi connectivity index (χ0) is 9.03. The molecule has 0 aromatic rings. The van der Waals surface area contributed by atoms with Crippen molar-refractivity contribution in [3.05, 3.63) is 0 Å². The lowest BCUT2D eigenvalue weighted by Crippen LogP contribution is -2.42. The molecule has 1 saturated heterocycles. The standard InChI is InChI=1S/C9H19NO2/c1-2-8(10)9(3-5-11)4-6-12-7-9/h8,11H,2-7,10H2,1H3. The zero-order valence-corrected chi connectivity index (χ0v) is 7.75. The highest BCUT2D eigenvalue weighted by molar-refractivity contribution is 4.91. The van der Waals surface area contributed by atoms with Gasteiger partial charge in [-0.05, 0) is 19.3 Å². The van der Waals surface area contributed by atoms with Gasteiger partial charge in [-0.1, -0.05) is 6.92 Å². The second-order valence-electron chi connectivity index (χ2n) is 3.65. The Kier molecular flexibility index (Phi) is 3.50. The molecule has 0 saturated carbocycles. The van der Waals surface area contributed by atoms with Gasteiger partial charge in [0.1, 0.15) is 0 Å². The van der Waals surface area contributed by atoms with Gasteiger partial charge in [-0.2, -0.15) is 0 Å². The Balaban J connectivity index is 2.57. The molecule has 12 heavy (non-hydrogen) atoms. The second-order valence-corrected chi connectivity index (χ2v) is 3.65. The summed E-state index contributed by atoms with van der Waals surface area (Å²) in [7, 11) is 0. The maximum Gasteiger partial charge on any atom is 0.0538 e. The molecule has 2 unspecified atom stereocenters. The molecule has 3 nitrogen and oxygen atoms in total. The fourth-order valence-electron chi connectivity index (χ4n) is 1.95. The van der Waals surface area contributed by atoms with Crippen LogP contribution in [0.3, 0.4) is 0 Å². The number of hydrogen-bond acceptors (Lipinski definition) is 3. The summed E-state index contributed by atoms with van der Waals surface area (Å²) in [6.45, 7) is 3.83. The first kappa shape index (κ1) is 9.96. The van der Waals surface area contributed by atoms with E-state index in [4.69, 9.17) is 15.6 Å². The summed E-state index contributed by atoms with van der Waals surface area (Å²) < 4.78 is 5.34. The normalized spacial score (nSPS) is 32.2. The minimum atomic E-state index is 0.0590. The van der Waals surface area contributed by atoms with Crippen LogP contribution in [0.4, 0.5) is 0 Å². The van der Waals surface area contributed by atoms with Crippen molar-refractivity contribution in [3.8, 4) is 0 Å². The number of hydrogen-bond donors (Lipinski definition) is 2. The highest BCUT2D eigenvalue weighted by Crippen LogP contribution is 2.35. The van der Waals surface area contributed by atoms with Gasteiger partial charge in [0, 0.05) is 24.7 Å². The molecule has 1 aliphatic heterocycles. The first-order valence-electron chi connectivity index (χ1n) is 4.69. The average molecular weight is 173 g/mol. The summed E-state index contributed by atoms with van der Waals surface area (Å²) in [6, 6.07) is 0.173. The van der Waals surface area contributed by atoms with E-state index in [9.17, 15) is 0 Å². The number of aliphatic hydroxyl groups excluding tert-OH is 1. The van der Waals surface area contributed by atoms with Crippen molar-refractivity contribution in [2.45, 2.75) is 32.2 Å². The van der Waals surface area contributed by atoms with E-state index in [2.05, 4.69) is 6.92 Å². The van der Waals surface area contributed by atoms with E-state index in [-0.39, 0.29) is 18.1 Å². The predicted octanol–water partition coefficient (Wildman–Crippen LogP) is 0.513. The molecule has 72 valence electrons. The van der Waals surface area contributed by atoms with E-state index in [1.165, 1.54) is 0 Å². The van der Waals surface area contributed by atoms with Crippen molar-refractivity contribution in [2.24, 2.45) is 11.1 Å². The van der Waals surface area contributed by atoms with Gasteiger partial charge < -0.3 is 15.6 Å². The maximum atomic E-state index is 8.93. The van der Waals surface area contributed by atoms with Gasteiger partial charge in [-0.15, -0.1) is 0 Å². The SMILES string of the molecule is CCC(N)C1(CCO)CCOC1. The molecule has 0 aromatic carbocycles. The van der Waals surface area contributed by atoms with Crippen molar-refractivity contribution < 1.29 is 9.84 Å². The second kappa shape index (κ2) is 4.21. The predicted molar refractivity (Wildman–Crippen MR) is 47.8 cm³/mol. The number of aliphatic hydroxyl groups is 1. The molecule has 0 radical (unpaired) electrons. The third-order valence-electron chi connectivity index (χ3n) is 2.97. The van der Waals surface area contributed by atoms with E-state index in [0.717, 1.165) is 32.5 Å². The third-order valence-corrected chi connectivity index (χ3v) is 2.97. The summed E-state index contributed by atoms with van der Waals surface area (Å²) >= 11 is 0. The molecule has 0 aliphatic carbocycles. The average Bonchev–Trinajstić information content (AvgIpc) is 2.53. The van der Waals surface area contributed by atoms with E-state index >= 15 is 0 Å². The number of nitrogens with two attached hydrogens (primary N) is 1. The van der Waals surface area contributed by atoms with Crippen LogP contribution >= 0.6 is 0 Å². The highest BCUT2D eigenvalue weighted by atomic mass is 16.5. The fraction of sp³-hybridized carbons (Fsp3) is 1.00. The number of rotatable bonds is 4. The summed E-state index contributed by atoms with van der Waals surface area (Å²) in [5.74, 6) is 0. The number of ether oxygens (including phenoxy) is 1. The van der Waals surface area contributed by atoms with Crippen LogP contribution in [0.5, 0.6) is 0 Å². The lowest BCUT2D eigenvalue weighted by molar-refractivity contribution is 0.104. The molecule has 1 heterocycles. The van der Waals surface area contributed by atoms with E-state index in [1.54, 1.807) is 0 Å². The summed E-state index contributed by atoms with van der Waals surface area (Å²) in [4.78, 5) is 0. The molecule has 0 aromatic heterocycles. The Morgan fingerprint density at radius 3 is 2.83 bits per heavy atom. The minimum Gasteiger partial charge on any atom is -0.396 e. The Hall–Kier alpha value is -0.120. The topological polar surface area (TPSA) is 55.5 Å². The molecule has 0 amide bonds. The highest BCUT2D eigenvalue weighted by Gasteiger charge is 2.38. The molecule has 3 heteroatoms. The van der Waals surface area contributed by atoms with Gasteiger partial charge >= 0.3 is 0 Å². The summed E-state index contributed by atoms with van der Waals surface area (Å²) in [5, 5.41) is 8.93. The molecule has 1 fully saturated rings. The van der Waals surface area contributed by atoms with Crippen molar-refractivity contribution in [2.75, 3.05) is 19.8 Å². The maximum absolute atomic E-state index is 8.93. The van der Waals surface area contributed by atoms with Gasteiger partial charge in [-0.3, -0.25) is 0 Å². The zero-order valence-electron chi connectivity index (χ0n) is 7.75. The van der Waals surface area contributed by atoms with Crippen molar-refractivity contribution in [1.82, 2.24) is 0 Å². The van der Waals surface area contributed by atoms with Crippen molar-refractivity contribution in [3.63, 3.8) is 0 Å². The third kappa shape index (κ3) is 1.79. The van der Waals surface area contributed by atoms with Crippen LogP contribution < -0.4 is 5.73 Å². The van der Waals surface area contributed by atoms with Crippen LogP contribution in [-0.4, -0.2) is 31.0 Å². The van der Waals surface area contributed by atoms with E-state index in [0.29, 0.717) is 0 Å². The van der Waals surface area contributed by atoms with Gasteiger partial charge in [0.25, 0.3) is 0 Å². The van der Waals surface area contributed by atoms with Gasteiger partial charge in [0.05, 0.1) is 6.61 Å². The van der Waals surface area contributed by atoms with Crippen LogP contribution in [0.1, 0.15) is 26.2 Å². The van der Waals surface area contributed by atoms with Gasteiger partial charge in [0.2, 0.25) is 0 Å². The summed E-state index contributed by atoms with van der Waals surface area (Å²) in [5.41, 5.74) is 6.07. The fourth-order valence-corrected chi connectivity index (χ4v) is 1.95. The molecule has 1 aliphatic rings. The van der Waals surface area contributed by atoms with Gasteiger partial charge in [0.15, 0.2) is 0 Å². The van der Waals surface area contributed by atoms with Crippen molar-refractivity contribution >= 4 is 0 Å². The quantitative estimate of drug-likeness (QED) is 0.651. The molecule has 0 bridgehead atoms. The van der Waals surface area contributed by atoms with Crippen molar-refractivity contribution in [1.29, 1.82) is 0 Å². The lowest BCUT2D eigenvalue weighted by Gasteiger charge is -2.32. The molecule has 3 N–H and O–H groups in total. The lowest BCUT2D eigenvalue weighted by atomic mass is 9.76.